The fourth-order valence-corrected chi connectivity index (χ4v) is 1.50. The molecule has 0 fully saturated rings. The van der Waals surface area contributed by atoms with Crippen LogP contribution in [0.4, 0.5) is 0 Å². The van der Waals surface area contributed by atoms with Crippen LogP contribution < -0.4 is 5.32 Å². The second-order valence-corrected chi connectivity index (χ2v) is 4.44. The first-order valence-corrected chi connectivity index (χ1v) is 5.43. The van der Waals surface area contributed by atoms with Crippen molar-refractivity contribution in [3.8, 4) is 0 Å². The molecule has 0 amide bonds. The molecule has 3 nitrogen and oxygen atoms in total. The van der Waals surface area contributed by atoms with Crippen LogP contribution in [0.3, 0.4) is 0 Å². The Labute approximate surface area is 92.4 Å². The molecule has 0 saturated carbocycles. The zero-order chi connectivity index (χ0) is 11.3. The average Bonchev–Trinajstić information content (AvgIpc) is 2.64. The lowest BCUT2D eigenvalue weighted by atomic mass is 10.1. The lowest BCUT2D eigenvalue weighted by Crippen LogP contribution is -2.25. The highest BCUT2D eigenvalue weighted by Crippen LogP contribution is 2.15. The molecule has 3 heteroatoms. The van der Waals surface area contributed by atoms with Gasteiger partial charge in [-0.05, 0) is 39.4 Å². The van der Waals surface area contributed by atoms with E-state index in [1.165, 1.54) is 5.69 Å². The fourth-order valence-electron chi connectivity index (χ4n) is 1.50. The van der Waals surface area contributed by atoms with Crippen LogP contribution in [0, 0.1) is 0 Å². The molecular weight excluding hydrogens is 188 g/mol. The van der Waals surface area contributed by atoms with Gasteiger partial charge in [-0.3, -0.25) is 0 Å². The van der Waals surface area contributed by atoms with Crippen molar-refractivity contribution in [1.29, 1.82) is 0 Å². The minimum atomic E-state index is -0.0405. The molecule has 86 valence electrons. The van der Waals surface area contributed by atoms with E-state index in [2.05, 4.69) is 42.1 Å². The summed E-state index contributed by atoms with van der Waals surface area (Å²) in [6.07, 6.45) is 3.15. The van der Waals surface area contributed by atoms with Gasteiger partial charge in [0.15, 0.2) is 0 Å². The third-order valence-electron chi connectivity index (χ3n) is 2.79. The van der Waals surface area contributed by atoms with E-state index in [-0.39, 0.29) is 5.60 Å². The zero-order valence-corrected chi connectivity index (χ0v) is 10.2. The van der Waals surface area contributed by atoms with Crippen molar-refractivity contribution in [1.82, 2.24) is 9.88 Å². The Morgan fingerprint density at radius 3 is 2.80 bits per heavy atom. The summed E-state index contributed by atoms with van der Waals surface area (Å²) in [5.41, 5.74) is 1.28. The Hall–Kier alpha value is -0.800. The van der Waals surface area contributed by atoms with Gasteiger partial charge in [-0.1, -0.05) is 0 Å². The molecule has 0 atom stereocenters. The van der Waals surface area contributed by atoms with Crippen molar-refractivity contribution in [3.05, 3.63) is 24.0 Å². The summed E-state index contributed by atoms with van der Waals surface area (Å²) in [7, 11) is 3.74. The van der Waals surface area contributed by atoms with E-state index in [0.717, 1.165) is 19.5 Å². The third-order valence-corrected chi connectivity index (χ3v) is 2.79. The lowest BCUT2D eigenvalue weighted by molar-refractivity contribution is 0.0119. The van der Waals surface area contributed by atoms with Gasteiger partial charge in [0.1, 0.15) is 0 Å². The summed E-state index contributed by atoms with van der Waals surface area (Å²) in [5.74, 6) is 0. The van der Waals surface area contributed by atoms with Crippen molar-refractivity contribution in [2.75, 3.05) is 14.2 Å². The molecule has 1 N–H and O–H groups in total. The van der Waals surface area contributed by atoms with E-state index < -0.39 is 0 Å². The highest BCUT2D eigenvalue weighted by atomic mass is 16.5. The molecule has 1 aromatic heterocycles. The molecule has 0 aliphatic rings. The molecular formula is C12H22N2O. The Bertz CT molecular complexity index is 292. The van der Waals surface area contributed by atoms with Gasteiger partial charge < -0.3 is 14.6 Å². The molecule has 0 spiro atoms. The normalized spacial score (nSPS) is 12.0. The Kier molecular flexibility index (Phi) is 4.36. The van der Waals surface area contributed by atoms with Crippen LogP contribution in [0.1, 0.15) is 26.0 Å². The van der Waals surface area contributed by atoms with E-state index in [1.54, 1.807) is 7.11 Å². The van der Waals surface area contributed by atoms with Crippen LogP contribution in [-0.2, 0) is 17.8 Å². The molecule has 0 bridgehead atoms. The summed E-state index contributed by atoms with van der Waals surface area (Å²) in [4.78, 5) is 0. The summed E-state index contributed by atoms with van der Waals surface area (Å²) < 4.78 is 7.68. The molecule has 0 radical (unpaired) electrons. The van der Waals surface area contributed by atoms with Gasteiger partial charge in [0, 0.05) is 32.1 Å². The topological polar surface area (TPSA) is 26.2 Å². The minimum Gasteiger partial charge on any atom is -0.379 e. The van der Waals surface area contributed by atoms with Gasteiger partial charge in [0.25, 0.3) is 0 Å². The number of hydrogen-bond donors (Lipinski definition) is 1. The number of aromatic nitrogens is 1. The maximum atomic E-state index is 5.41. The molecule has 0 saturated heterocycles. The first-order chi connectivity index (χ1) is 7.09. The van der Waals surface area contributed by atoms with Crippen LogP contribution in [0.25, 0.3) is 0 Å². The van der Waals surface area contributed by atoms with E-state index in [1.807, 2.05) is 7.05 Å². The van der Waals surface area contributed by atoms with Crippen molar-refractivity contribution in [3.63, 3.8) is 0 Å². The van der Waals surface area contributed by atoms with Gasteiger partial charge in [0.2, 0.25) is 0 Å². The van der Waals surface area contributed by atoms with Crippen LogP contribution in [-0.4, -0.2) is 24.3 Å². The number of aryl methyl sites for hydroxylation is 1. The SMILES string of the molecule is CNCc1cccn1CCC(C)(C)OC. The van der Waals surface area contributed by atoms with Crippen molar-refractivity contribution in [2.45, 2.75) is 39.0 Å². The zero-order valence-electron chi connectivity index (χ0n) is 10.2. The van der Waals surface area contributed by atoms with Gasteiger partial charge >= 0.3 is 0 Å². The van der Waals surface area contributed by atoms with Crippen LogP contribution in [0.15, 0.2) is 18.3 Å². The Morgan fingerprint density at radius 2 is 2.20 bits per heavy atom. The lowest BCUT2D eigenvalue weighted by Gasteiger charge is -2.23. The number of nitrogens with zero attached hydrogens (tertiary/aromatic N) is 1. The van der Waals surface area contributed by atoms with Crippen LogP contribution >= 0.6 is 0 Å². The van der Waals surface area contributed by atoms with E-state index in [0.29, 0.717) is 0 Å². The largest absolute Gasteiger partial charge is 0.379 e. The number of rotatable bonds is 6. The maximum absolute atomic E-state index is 5.41. The second kappa shape index (κ2) is 5.33. The molecule has 1 heterocycles. The predicted octanol–water partition coefficient (Wildman–Crippen LogP) is 2.02. The molecule has 15 heavy (non-hydrogen) atoms. The molecule has 0 aliphatic heterocycles. The monoisotopic (exact) mass is 210 g/mol. The first kappa shape index (κ1) is 12.3. The smallest absolute Gasteiger partial charge is 0.0639 e. The summed E-state index contributed by atoms with van der Waals surface area (Å²) in [6, 6.07) is 4.24. The third kappa shape index (κ3) is 3.68. The van der Waals surface area contributed by atoms with Crippen LogP contribution in [0.2, 0.25) is 0 Å². The number of ether oxygens (including phenoxy) is 1. The van der Waals surface area contributed by atoms with Crippen molar-refractivity contribution < 1.29 is 4.74 Å². The highest BCUT2D eigenvalue weighted by molar-refractivity contribution is 5.06. The standard InChI is InChI=1S/C12H22N2O/c1-12(2,15-4)7-9-14-8-5-6-11(14)10-13-3/h5-6,8,13H,7,9-10H2,1-4H3. The average molecular weight is 210 g/mol. The highest BCUT2D eigenvalue weighted by Gasteiger charge is 2.16. The molecule has 0 aromatic carbocycles. The van der Waals surface area contributed by atoms with Crippen molar-refractivity contribution in [2.24, 2.45) is 0 Å². The Balaban J connectivity index is 2.53. The van der Waals surface area contributed by atoms with Gasteiger partial charge in [0.05, 0.1) is 5.60 Å². The summed E-state index contributed by atoms with van der Waals surface area (Å²) in [6.45, 7) is 6.16. The van der Waals surface area contributed by atoms with E-state index in [4.69, 9.17) is 4.74 Å². The summed E-state index contributed by atoms with van der Waals surface area (Å²) in [5, 5.41) is 3.17. The maximum Gasteiger partial charge on any atom is 0.0639 e. The number of methoxy groups -OCH3 is 1. The predicted molar refractivity (Wildman–Crippen MR) is 62.9 cm³/mol. The van der Waals surface area contributed by atoms with Gasteiger partial charge in [-0.25, -0.2) is 0 Å². The fraction of sp³-hybridized carbons (Fsp3) is 0.667. The van der Waals surface area contributed by atoms with Gasteiger partial charge in [-0.15, -0.1) is 0 Å². The van der Waals surface area contributed by atoms with Crippen LogP contribution in [0.5, 0.6) is 0 Å². The molecule has 1 rings (SSSR count). The van der Waals surface area contributed by atoms with E-state index >= 15 is 0 Å². The minimum absolute atomic E-state index is 0.0405. The quantitative estimate of drug-likeness (QED) is 0.777. The summed E-state index contributed by atoms with van der Waals surface area (Å²) >= 11 is 0. The molecule has 0 aliphatic carbocycles. The first-order valence-electron chi connectivity index (χ1n) is 5.43. The van der Waals surface area contributed by atoms with Gasteiger partial charge in [-0.2, -0.15) is 0 Å². The van der Waals surface area contributed by atoms with E-state index in [9.17, 15) is 0 Å². The molecule has 0 unspecified atom stereocenters. The molecule has 1 aromatic rings. The second-order valence-electron chi connectivity index (χ2n) is 4.44. The number of hydrogen-bond acceptors (Lipinski definition) is 2. The number of nitrogens with one attached hydrogen (secondary N) is 1. The Morgan fingerprint density at radius 1 is 1.47 bits per heavy atom. The van der Waals surface area contributed by atoms with Crippen molar-refractivity contribution >= 4 is 0 Å².